The molecule has 0 aromatic heterocycles. The fraction of sp³-hybridized carbons (Fsp3) is 0.538. The van der Waals surface area contributed by atoms with E-state index in [0.717, 1.165) is 19.2 Å². The molecule has 0 spiro atoms. The molecule has 1 aromatic rings. The zero-order valence-electron chi connectivity index (χ0n) is 10.2. The van der Waals surface area contributed by atoms with Gasteiger partial charge in [-0.05, 0) is 26.0 Å². The topological polar surface area (TPSA) is 13.7 Å². The van der Waals surface area contributed by atoms with Crippen LogP contribution in [0.1, 0.15) is 19.4 Å². The second-order valence-corrected chi connectivity index (χ2v) is 4.83. The molecule has 2 atom stereocenters. The Morgan fingerprint density at radius 2 is 1.88 bits per heavy atom. The van der Waals surface area contributed by atoms with Gasteiger partial charge in [0.2, 0.25) is 0 Å². The lowest BCUT2D eigenvalue weighted by atomic mass is 10.1. The zero-order valence-corrected chi connectivity index (χ0v) is 10.2. The Hall–Kier alpha value is -1.00. The van der Waals surface area contributed by atoms with Crippen molar-refractivity contribution in [3.8, 4) is 0 Å². The highest BCUT2D eigenvalue weighted by Crippen LogP contribution is 2.09. The lowest BCUT2D eigenvalue weighted by Crippen LogP contribution is -3.14. The van der Waals surface area contributed by atoms with Crippen LogP contribution in [0.15, 0.2) is 18.2 Å². The monoisotopic (exact) mass is 242 g/mol. The fourth-order valence-electron chi connectivity index (χ4n) is 2.47. The summed E-state index contributed by atoms with van der Waals surface area (Å²) in [7, 11) is 0. The molecule has 0 bridgehead atoms. The molecular formula is C13H18F2NO+. The average molecular weight is 242 g/mol. The van der Waals surface area contributed by atoms with E-state index in [4.69, 9.17) is 4.74 Å². The minimum absolute atomic E-state index is 0.192. The van der Waals surface area contributed by atoms with E-state index in [1.165, 1.54) is 17.0 Å². The highest BCUT2D eigenvalue weighted by Gasteiger charge is 2.26. The Labute approximate surface area is 100 Å². The lowest BCUT2D eigenvalue weighted by molar-refractivity contribution is -0.928. The predicted octanol–water partition coefficient (Wildman–Crippen LogP) is 1.16. The summed E-state index contributed by atoms with van der Waals surface area (Å²) in [6.07, 6.45) is 0.384. The summed E-state index contributed by atoms with van der Waals surface area (Å²) in [5.41, 5.74) is 0.572. The first-order valence-electron chi connectivity index (χ1n) is 5.97. The van der Waals surface area contributed by atoms with Crippen LogP contribution in [-0.2, 0) is 11.3 Å². The normalized spacial score (nSPS) is 29.3. The largest absolute Gasteiger partial charge is 0.364 e. The van der Waals surface area contributed by atoms with Crippen LogP contribution in [0.3, 0.4) is 0 Å². The number of ether oxygens (including phenoxy) is 1. The third kappa shape index (κ3) is 3.23. The minimum Gasteiger partial charge on any atom is -0.364 e. The van der Waals surface area contributed by atoms with Crippen LogP contribution in [0.25, 0.3) is 0 Å². The van der Waals surface area contributed by atoms with Gasteiger partial charge in [0.25, 0.3) is 0 Å². The van der Waals surface area contributed by atoms with Crippen LogP contribution >= 0.6 is 0 Å². The van der Waals surface area contributed by atoms with Crippen LogP contribution < -0.4 is 4.90 Å². The van der Waals surface area contributed by atoms with Crippen LogP contribution in [0, 0.1) is 11.6 Å². The molecular weight excluding hydrogens is 224 g/mol. The number of rotatable bonds is 2. The van der Waals surface area contributed by atoms with Crippen LogP contribution in [0.4, 0.5) is 8.78 Å². The first-order chi connectivity index (χ1) is 8.04. The standard InChI is InChI=1S/C13H17F2NO/c1-9-6-16(7-10(2)17-9)8-11-3-4-12(14)5-13(11)15/h3-5,9-10H,6-8H2,1-2H3/p+1/t9-,10-/m0/s1. The van der Waals surface area contributed by atoms with Gasteiger partial charge in [0, 0.05) is 11.6 Å². The number of hydrogen-bond acceptors (Lipinski definition) is 1. The van der Waals surface area contributed by atoms with Crippen LogP contribution in [0.2, 0.25) is 0 Å². The van der Waals surface area contributed by atoms with Gasteiger partial charge < -0.3 is 9.64 Å². The summed E-state index contributed by atoms with van der Waals surface area (Å²) < 4.78 is 31.9. The number of halogens is 2. The quantitative estimate of drug-likeness (QED) is 0.821. The molecule has 1 saturated heterocycles. The summed E-state index contributed by atoms with van der Waals surface area (Å²) in [5, 5.41) is 0. The lowest BCUT2D eigenvalue weighted by Gasteiger charge is -2.32. The number of quaternary nitrogens is 1. The van der Waals surface area contributed by atoms with E-state index >= 15 is 0 Å². The maximum Gasteiger partial charge on any atom is 0.134 e. The first-order valence-corrected chi connectivity index (χ1v) is 5.97. The van der Waals surface area contributed by atoms with Crippen molar-refractivity contribution in [3.63, 3.8) is 0 Å². The van der Waals surface area contributed by atoms with Gasteiger partial charge in [0.1, 0.15) is 43.5 Å². The summed E-state index contributed by atoms with van der Waals surface area (Å²) in [5.74, 6) is -0.978. The molecule has 0 amide bonds. The molecule has 1 heterocycles. The van der Waals surface area contributed by atoms with Crippen LogP contribution in [0.5, 0.6) is 0 Å². The smallest absolute Gasteiger partial charge is 0.134 e. The van der Waals surface area contributed by atoms with E-state index in [1.54, 1.807) is 0 Å². The summed E-state index contributed by atoms with van der Waals surface area (Å²) in [6, 6.07) is 3.79. The van der Waals surface area contributed by atoms with Crippen molar-refractivity contribution in [2.45, 2.75) is 32.6 Å². The molecule has 4 heteroatoms. The van der Waals surface area contributed by atoms with Crippen molar-refractivity contribution in [2.24, 2.45) is 0 Å². The van der Waals surface area contributed by atoms with Gasteiger partial charge in [-0.3, -0.25) is 0 Å². The maximum atomic E-state index is 13.5. The van der Waals surface area contributed by atoms with E-state index in [0.29, 0.717) is 12.1 Å². The predicted molar refractivity (Wildman–Crippen MR) is 60.8 cm³/mol. The van der Waals surface area contributed by atoms with E-state index in [2.05, 4.69) is 0 Å². The third-order valence-corrected chi connectivity index (χ3v) is 3.07. The second kappa shape index (κ2) is 5.10. The first kappa shape index (κ1) is 12.5. The zero-order chi connectivity index (χ0) is 12.4. The molecule has 1 aliphatic rings. The number of morpholine rings is 1. The molecule has 17 heavy (non-hydrogen) atoms. The Kier molecular flexibility index (Phi) is 3.74. The minimum atomic E-state index is -0.523. The molecule has 1 aliphatic heterocycles. The molecule has 2 nitrogen and oxygen atoms in total. The molecule has 0 saturated carbocycles. The van der Waals surface area contributed by atoms with Crippen molar-refractivity contribution in [1.29, 1.82) is 0 Å². The SMILES string of the molecule is C[C@H]1C[NH+](Cc2ccc(F)cc2F)C[C@H](C)O1. The van der Waals surface area contributed by atoms with Crippen LogP contribution in [-0.4, -0.2) is 25.3 Å². The Morgan fingerprint density at radius 1 is 1.24 bits per heavy atom. The van der Waals surface area contributed by atoms with E-state index < -0.39 is 11.6 Å². The van der Waals surface area contributed by atoms with E-state index in [-0.39, 0.29) is 12.2 Å². The molecule has 0 aliphatic carbocycles. The van der Waals surface area contributed by atoms with Crippen molar-refractivity contribution >= 4 is 0 Å². The van der Waals surface area contributed by atoms with Crippen molar-refractivity contribution < 1.29 is 18.4 Å². The van der Waals surface area contributed by atoms with Gasteiger partial charge in [0.05, 0.1) is 0 Å². The van der Waals surface area contributed by atoms with Gasteiger partial charge in [-0.25, -0.2) is 8.78 Å². The Balaban J connectivity index is 2.04. The van der Waals surface area contributed by atoms with Crippen molar-refractivity contribution in [1.82, 2.24) is 0 Å². The Bertz CT molecular complexity index is 387. The van der Waals surface area contributed by atoms with Gasteiger partial charge >= 0.3 is 0 Å². The van der Waals surface area contributed by atoms with Gasteiger partial charge in [-0.2, -0.15) is 0 Å². The fourth-order valence-corrected chi connectivity index (χ4v) is 2.47. The number of hydrogen-bond donors (Lipinski definition) is 1. The summed E-state index contributed by atoms with van der Waals surface area (Å²) >= 11 is 0. The summed E-state index contributed by atoms with van der Waals surface area (Å²) in [6.45, 7) is 6.36. The van der Waals surface area contributed by atoms with E-state index in [9.17, 15) is 8.78 Å². The van der Waals surface area contributed by atoms with Crippen molar-refractivity contribution in [3.05, 3.63) is 35.4 Å². The molecule has 1 fully saturated rings. The number of nitrogens with one attached hydrogen (secondary N) is 1. The van der Waals surface area contributed by atoms with Gasteiger partial charge in [-0.1, -0.05) is 0 Å². The summed E-state index contributed by atoms with van der Waals surface area (Å²) in [4.78, 5) is 1.28. The van der Waals surface area contributed by atoms with E-state index in [1.807, 2.05) is 13.8 Å². The molecule has 2 rings (SSSR count). The second-order valence-electron chi connectivity index (χ2n) is 4.83. The Morgan fingerprint density at radius 3 is 2.47 bits per heavy atom. The average Bonchev–Trinajstić information content (AvgIpc) is 2.21. The highest BCUT2D eigenvalue weighted by atomic mass is 19.1. The molecule has 0 unspecified atom stereocenters. The highest BCUT2D eigenvalue weighted by molar-refractivity contribution is 5.17. The van der Waals surface area contributed by atoms with Gasteiger partial charge in [0.15, 0.2) is 0 Å². The third-order valence-electron chi connectivity index (χ3n) is 3.07. The molecule has 1 N–H and O–H groups in total. The van der Waals surface area contributed by atoms with Crippen molar-refractivity contribution in [2.75, 3.05) is 13.1 Å². The maximum absolute atomic E-state index is 13.5. The molecule has 0 radical (unpaired) electrons. The molecule has 94 valence electrons. The van der Waals surface area contributed by atoms with Gasteiger partial charge in [-0.15, -0.1) is 0 Å². The molecule has 1 aromatic carbocycles. The number of benzene rings is 1.